The van der Waals surface area contributed by atoms with Gasteiger partial charge in [-0.25, -0.2) is 0 Å². The summed E-state index contributed by atoms with van der Waals surface area (Å²) in [6.45, 7) is 13.5. The molecule has 0 aliphatic carbocycles. The van der Waals surface area contributed by atoms with Gasteiger partial charge in [-0.15, -0.1) is 24.0 Å². The summed E-state index contributed by atoms with van der Waals surface area (Å²) in [5.74, 6) is 0.894. The Bertz CT molecular complexity index is 842. The number of aliphatic imine (C=N–C) groups is 1. The fourth-order valence-corrected chi connectivity index (χ4v) is 4.35. The van der Waals surface area contributed by atoms with Crippen molar-refractivity contribution in [3.63, 3.8) is 0 Å². The summed E-state index contributed by atoms with van der Waals surface area (Å²) in [6, 6.07) is 10.9. The van der Waals surface area contributed by atoms with Crippen molar-refractivity contribution in [2.75, 3.05) is 32.8 Å². The average molecular weight is 540 g/mol. The van der Waals surface area contributed by atoms with Crippen molar-refractivity contribution in [3.05, 3.63) is 52.8 Å². The van der Waals surface area contributed by atoms with Crippen LogP contribution in [0, 0.1) is 20.8 Å². The van der Waals surface area contributed by atoms with Gasteiger partial charge >= 0.3 is 0 Å². The van der Waals surface area contributed by atoms with Gasteiger partial charge in [0, 0.05) is 44.0 Å². The SMILES string of the molecule is CCNC(=NCC1(c2ccccc2C)CCOCC1)NCCCn1nc(C)cc1C.I. The summed E-state index contributed by atoms with van der Waals surface area (Å²) >= 11 is 0. The molecule has 0 spiro atoms. The van der Waals surface area contributed by atoms with E-state index in [-0.39, 0.29) is 29.4 Å². The summed E-state index contributed by atoms with van der Waals surface area (Å²) < 4.78 is 7.76. The van der Waals surface area contributed by atoms with Crippen LogP contribution in [0.2, 0.25) is 0 Å². The lowest BCUT2D eigenvalue weighted by Gasteiger charge is -2.37. The molecule has 2 aromatic rings. The van der Waals surface area contributed by atoms with Crippen LogP contribution in [0.3, 0.4) is 0 Å². The molecule has 0 amide bonds. The Morgan fingerprint density at radius 1 is 1.16 bits per heavy atom. The van der Waals surface area contributed by atoms with Crippen molar-refractivity contribution in [1.29, 1.82) is 0 Å². The number of aryl methyl sites for hydroxylation is 4. The van der Waals surface area contributed by atoms with E-state index < -0.39 is 0 Å². The molecule has 0 bridgehead atoms. The second-order valence-electron chi connectivity index (χ2n) is 8.33. The topological polar surface area (TPSA) is 63.5 Å². The molecule has 0 radical (unpaired) electrons. The fraction of sp³-hybridized carbons (Fsp3) is 0.583. The first-order chi connectivity index (χ1) is 14.5. The Morgan fingerprint density at radius 2 is 1.90 bits per heavy atom. The molecule has 1 saturated heterocycles. The standard InChI is InChI=1S/C24H37N5O.HI/c1-5-25-23(26-13-8-14-29-21(4)17-20(3)28-29)27-18-24(11-15-30-16-12-24)22-10-7-6-9-19(22)2;/h6-7,9-10,17H,5,8,11-16,18H2,1-4H3,(H2,25,26,27);1H. The molecule has 1 aliphatic rings. The number of nitrogens with one attached hydrogen (secondary N) is 2. The van der Waals surface area contributed by atoms with Crippen LogP contribution in [0.4, 0.5) is 0 Å². The van der Waals surface area contributed by atoms with Crippen LogP contribution >= 0.6 is 24.0 Å². The van der Waals surface area contributed by atoms with Crippen molar-refractivity contribution in [3.8, 4) is 0 Å². The van der Waals surface area contributed by atoms with Crippen LogP contribution in [0.1, 0.15) is 48.7 Å². The van der Waals surface area contributed by atoms with Gasteiger partial charge in [0.25, 0.3) is 0 Å². The molecule has 1 aromatic heterocycles. The molecule has 172 valence electrons. The normalized spacial score (nSPS) is 15.9. The number of guanidine groups is 1. The van der Waals surface area contributed by atoms with E-state index in [2.05, 4.69) is 71.5 Å². The van der Waals surface area contributed by atoms with Crippen LogP contribution in [0.25, 0.3) is 0 Å². The number of hydrogen-bond donors (Lipinski definition) is 2. The summed E-state index contributed by atoms with van der Waals surface area (Å²) in [6.07, 6.45) is 3.03. The Hall–Kier alpha value is -1.61. The molecule has 3 rings (SSSR count). The van der Waals surface area contributed by atoms with E-state index in [1.54, 1.807) is 0 Å². The second-order valence-corrected chi connectivity index (χ2v) is 8.33. The zero-order chi connectivity index (χ0) is 21.4. The largest absolute Gasteiger partial charge is 0.381 e. The van der Waals surface area contributed by atoms with Gasteiger partial charge in [0.1, 0.15) is 0 Å². The molecular formula is C24H38IN5O. The van der Waals surface area contributed by atoms with Crippen LogP contribution in [0.5, 0.6) is 0 Å². The Morgan fingerprint density at radius 3 is 2.55 bits per heavy atom. The average Bonchev–Trinajstić information content (AvgIpc) is 3.07. The summed E-state index contributed by atoms with van der Waals surface area (Å²) in [5, 5.41) is 11.5. The summed E-state index contributed by atoms with van der Waals surface area (Å²) in [4.78, 5) is 5.01. The van der Waals surface area contributed by atoms with Gasteiger partial charge < -0.3 is 15.4 Å². The highest BCUT2D eigenvalue weighted by Gasteiger charge is 2.35. The molecule has 2 N–H and O–H groups in total. The molecule has 0 saturated carbocycles. The second kappa shape index (κ2) is 12.4. The van der Waals surface area contributed by atoms with Crippen molar-refractivity contribution in [2.45, 2.75) is 58.9 Å². The highest BCUT2D eigenvalue weighted by Crippen LogP contribution is 2.37. The maximum Gasteiger partial charge on any atom is 0.191 e. The van der Waals surface area contributed by atoms with E-state index in [1.165, 1.54) is 16.8 Å². The first-order valence-corrected chi connectivity index (χ1v) is 11.2. The van der Waals surface area contributed by atoms with Gasteiger partial charge in [-0.05, 0) is 64.2 Å². The molecule has 7 heteroatoms. The molecule has 31 heavy (non-hydrogen) atoms. The van der Waals surface area contributed by atoms with Crippen LogP contribution < -0.4 is 10.6 Å². The van der Waals surface area contributed by atoms with E-state index in [0.29, 0.717) is 0 Å². The number of ether oxygens (including phenoxy) is 1. The van der Waals surface area contributed by atoms with E-state index >= 15 is 0 Å². The predicted octanol–water partition coefficient (Wildman–Crippen LogP) is 4.12. The van der Waals surface area contributed by atoms with Gasteiger partial charge in [-0.3, -0.25) is 9.67 Å². The van der Waals surface area contributed by atoms with Crippen molar-refractivity contribution in [1.82, 2.24) is 20.4 Å². The van der Waals surface area contributed by atoms with E-state index in [9.17, 15) is 0 Å². The Balaban J connectivity index is 0.00000341. The molecular weight excluding hydrogens is 501 g/mol. The predicted molar refractivity (Wildman–Crippen MR) is 139 cm³/mol. The third-order valence-corrected chi connectivity index (χ3v) is 5.99. The number of benzene rings is 1. The lowest BCUT2D eigenvalue weighted by molar-refractivity contribution is 0.0529. The number of aromatic nitrogens is 2. The fourth-order valence-electron chi connectivity index (χ4n) is 4.35. The number of hydrogen-bond acceptors (Lipinski definition) is 3. The Labute approximate surface area is 204 Å². The lowest BCUT2D eigenvalue weighted by Crippen LogP contribution is -2.42. The lowest BCUT2D eigenvalue weighted by atomic mass is 9.72. The minimum atomic E-state index is 0. The number of nitrogens with zero attached hydrogens (tertiary/aromatic N) is 3. The molecule has 1 aromatic carbocycles. The van der Waals surface area contributed by atoms with Gasteiger partial charge in [0.2, 0.25) is 0 Å². The van der Waals surface area contributed by atoms with Crippen LogP contribution in [0.15, 0.2) is 35.3 Å². The highest BCUT2D eigenvalue weighted by atomic mass is 127. The van der Waals surface area contributed by atoms with Crippen LogP contribution in [-0.4, -0.2) is 48.6 Å². The van der Waals surface area contributed by atoms with Crippen molar-refractivity contribution in [2.24, 2.45) is 4.99 Å². The third kappa shape index (κ3) is 6.94. The molecule has 0 unspecified atom stereocenters. The minimum Gasteiger partial charge on any atom is -0.381 e. The molecule has 2 heterocycles. The minimum absolute atomic E-state index is 0. The zero-order valence-electron chi connectivity index (χ0n) is 19.4. The molecule has 1 aliphatic heterocycles. The smallest absolute Gasteiger partial charge is 0.191 e. The van der Waals surface area contributed by atoms with E-state index in [4.69, 9.17) is 9.73 Å². The van der Waals surface area contributed by atoms with Crippen molar-refractivity contribution >= 4 is 29.9 Å². The van der Waals surface area contributed by atoms with Crippen molar-refractivity contribution < 1.29 is 4.74 Å². The maximum absolute atomic E-state index is 5.69. The van der Waals surface area contributed by atoms with Gasteiger partial charge in [-0.1, -0.05) is 24.3 Å². The first kappa shape index (κ1) is 25.6. The first-order valence-electron chi connectivity index (χ1n) is 11.2. The molecule has 1 fully saturated rings. The maximum atomic E-state index is 5.69. The molecule has 6 nitrogen and oxygen atoms in total. The van der Waals surface area contributed by atoms with Gasteiger partial charge in [-0.2, -0.15) is 5.10 Å². The third-order valence-electron chi connectivity index (χ3n) is 5.99. The van der Waals surface area contributed by atoms with E-state index in [1.807, 2.05) is 6.92 Å². The number of halogens is 1. The monoisotopic (exact) mass is 539 g/mol. The Kier molecular flexibility index (Phi) is 10.3. The quantitative estimate of drug-likeness (QED) is 0.229. The van der Waals surface area contributed by atoms with Gasteiger partial charge in [0.05, 0.1) is 12.2 Å². The van der Waals surface area contributed by atoms with Gasteiger partial charge in [0.15, 0.2) is 5.96 Å². The molecule has 0 atom stereocenters. The van der Waals surface area contributed by atoms with E-state index in [0.717, 1.165) is 70.3 Å². The van der Waals surface area contributed by atoms with Crippen LogP contribution in [-0.2, 0) is 16.7 Å². The zero-order valence-corrected chi connectivity index (χ0v) is 21.7. The summed E-state index contributed by atoms with van der Waals surface area (Å²) in [7, 11) is 0. The highest BCUT2D eigenvalue weighted by molar-refractivity contribution is 14.0. The number of rotatable bonds is 8. The summed E-state index contributed by atoms with van der Waals surface area (Å²) in [5.41, 5.74) is 5.10.